The number of hydrogen-bond donors (Lipinski definition) is 2. The van der Waals surface area contributed by atoms with Crippen LogP contribution in [0.15, 0.2) is 60.9 Å². The average molecular weight is 499 g/mol. The number of anilines is 1. The summed E-state index contributed by atoms with van der Waals surface area (Å²) in [7, 11) is 0. The van der Waals surface area contributed by atoms with Gasteiger partial charge in [0, 0.05) is 62.3 Å². The van der Waals surface area contributed by atoms with Crippen molar-refractivity contribution >= 4 is 11.6 Å². The van der Waals surface area contributed by atoms with Crippen molar-refractivity contribution in [3.05, 3.63) is 77.6 Å². The summed E-state index contributed by atoms with van der Waals surface area (Å²) in [5.41, 5.74) is 2.26. The number of carbonyl (C=O) groups excluding carboxylic acids is 1. The highest BCUT2D eigenvalue weighted by Gasteiger charge is 2.31. The lowest BCUT2D eigenvalue weighted by Gasteiger charge is -2.36. The van der Waals surface area contributed by atoms with Crippen molar-refractivity contribution < 1.29 is 23.1 Å². The van der Waals surface area contributed by atoms with E-state index in [0.29, 0.717) is 48.4 Å². The lowest BCUT2D eigenvalue weighted by atomic mass is 10.00. The van der Waals surface area contributed by atoms with Crippen LogP contribution in [0.25, 0.3) is 11.1 Å². The molecule has 0 saturated carbocycles. The van der Waals surface area contributed by atoms with Crippen LogP contribution in [-0.4, -0.2) is 53.6 Å². The van der Waals surface area contributed by atoms with Crippen molar-refractivity contribution in [2.75, 3.05) is 37.6 Å². The van der Waals surface area contributed by atoms with Crippen molar-refractivity contribution in [3.63, 3.8) is 0 Å². The van der Waals surface area contributed by atoms with E-state index in [9.17, 15) is 23.1 Å². The van der Waals surface area contributed by atoms with E-state index in [1.165, 1.54) is 24.5 Å². The first kappa shape index (κ1) is 25.5. The molecule has 1 fully saturated rings. The summed E-state index contributed by atoms with van der Waals surface area (Å²) in [5, 5.41) is 12.6. The molecule has 190 valence electrons. The van der Waals surface area contributed by atoms with Gasteiger partial charge >= 0.3 is 6.18 Å². The molecule has 0 radical (unpaired) electrons. The lowest BCUT2D eigenvalue weighted by Crippen LogP contribution is -2.46. The van der Waals surface area contributed by atoms with Gasteiger partial charge in [-0.05, 0) is 66.1 Å². The third-order valence-corrected chi connectivity index (χ3v) is 6.19. The third kappa shape index (κ3) is 6.34. The Labute approximate surface area is 208 Å². The highest BCUT2D eigenvalue weighted by atomic mass is 19.4. The Morgan fingerprint density at radius 2 is 1.72 bits per heavy atom. The highest BCUT2D eigenvalue weighted by molar-refractivity contribution is 5.94. The molecule has 4 rings (SSSR count). The Balaban J connectivity index is 1.42. The number of rotatable bonds is 7. The largest absolute Gasteiger partial charge is 0.506 e. The maximum Gasteiger partial charge on any atom is 0.416 e. The van der Waals surface area contributed by atoms with Gasteiger partial charge in [0.2, 0.25) is 0 Å². The molecule has 2 aromatic carbocycles. The van der Waals surface area contributed by atoms with E-state index in [4.69, 9.17) is 0 Å². The van der Waals surface area contributed by atoms with Gasteiger partial charge in [0.25, 0.3) is 5.91 Å². The predicted octanol–water partition coefficient (Wildman–Crippen LogP) is 4.94. The molecule has 1 amide bonds. The second-order valence-electron chi connectivity index (χ2n) is 8.91. The topological polar surface area (TPSA) is 68.7 Å². The molecule has 1 aliphatic heterocycles. The van der Waals surface area contributed by atoms with Crippen LogP contribution in [0.2, 0.25) is 0 Å². The predicted molar refractivity (Wildman–Crippen MR) is 133 cm³/mol. The number of carbonyl (C=O) groups is 1. The van der Waals surface area contributed by atoms with Crippen LogP contribution in [-0.2, 0) is 12.7 Å². The second-order valence-corrected chi connectivity index (χ2v) is 8.91. The molecule has 0 atom stereocenters. The van der Waals surface area contributed by atoms with Crippen molar-refractivity contribution in [3.8, 4) is 16.9 Å². The SMILES string of the molecule is CCCNC(=O)c1ccc(N2CCN(Cc3cc(-c4cncc(O)c4)cc(C(F)(F)F)c3)CC2)cc1. The van der Waals surface area contributed by atoms with Gasteiger partial charge in [-0.25, -0.2) is 0 Å². The number of pyridine rings is 1. The Morgan fingerprint density at radius 1 is 1.00 bits per heavy atom. The van der Waals surface area contributed by atoms with Crippen molar-refractivity contribution in [1.29, 1.82) is 0 Å². The zero-order valence-electron chi connectivity index (χ0n) is 20.1. The highest BCUT2D eigenvalue weighted by Crippen LogP contribution is 2.34. The Hall–Kier alpha value is -3.59. The molecule has 2 N–H and O–H groups in total. The fourth-order valence-corrected chi connectivity index (χ4v) is 4.29. The van der Waals surface area contributed by atoms with Gasteiger partial charge in [0.1, 0.15) is 5.75 Å². The molecule has 36 heavy (non-hydrogen) atoms. The number of halogens is 3. The van der Waals surface area contributed by atoms with Crippen LogP contribution in [0.4, 0.5) is 18.9 Å². The summed E-state index contributed by atoms with van der Waals surface area (Å²) < 4.78 is 40.8. The quantitative estimate of drug-likeness (QED) is 0.483. The molecule has 1 aliphatic rings. The molecule has 1 saturated heterocycles. The van der Waals surface area contributed by atoms with Gasteiger partial charge in [-0.3, -0.25) is 14.7 Å². The molecular formula is C27H29F3N4O2. The van der Waals surface area contributed by atoms with Crippen molar-refractivity contribution in [2.24, 2.45) is 0 Å². The van der Waals surface area contributed by atoms with E-state index in [2.05, 4.69) is 20.1 Å². The fraction of sp³-hybridized carbons (Fsp3) is 0.333. The molecule has 3 aromatic rings. The number of benzene rings is 2. The molecule has 6 nitrogen and oxygen atoms in total. The van der Waals surface area contributed by atoms with Crippen molar-refractivity contribution in [2.45, 2.75) is 26.1 Å². The molecule has 9 heteroatoms. The number of aromatic nitrogens is 1. The summed E-state index contributed by atoms with van der Waals surface area (Å²) in [4.78, 5) is 20.3. The lowest BCUT2D eigenvalue weighted by molar-refractivity contribution is -0.137. The van der Waals surface area contributed by atoms with E-state index in [1.807, 2.05) is 31.2 Å². The number of amides is 1. The fourth-order valence-electron chi connectivity index (χ4n) is 4.29. The summed E-state index contributed by atoms with van der Waals surface area (Å²) in [5.74, 6) is -0.188. The Morgan fingerprint density at radius 3 is 2.36 bits per heavy atom. The van der Waals surface area contributed by atoms with Gasteiger partial charge in [-0.2, -0.15) is 13.2 Å². The zero-order chi connectivity index (χ0) is 25.7. The summed E-state index contributed by atoms with van der Waals surface area (Å²) in [6.07, 6.45) is -0.918. The van der Waals surface area contributed by atoms with E-state index >= 15 is 0 Å². The van der Waals surface area contributed by atoms with Crippen LogP contribution in [0.3, 0.4) is 0 Å². The first-order valence-electron chi connectivity index (χ1n) is 11.9. The van der Waals surface area contributed by atoms with Gasteiger partial charge in [0.15, 0.2) is 0 Å². The minimum Gasteiger partial charge on any atom is -0.506 e. The van der Waals surface area contributed by atoms with Gasteiger partial charge in [0.05, 0.1) is 11.8 Å². The third-order valence-electron chi connectivity index (χ3n) is 6.19. The van der Waals surface area contributed by atoms with E-state index in [1.54, 1.807) is 6.07 Å². The van der Waals surface area contributed by atoms with Crippen LogP contribution in [0, 0.1) is 0 Å². The molecule has 0 unspecified atom stereocenters. The van der Waals surface area contributed by atoms with Crippen LogP contribution >= 0.6 is 0 Å². The molecule has 2 heterocycles. The molecular weight excluding hydrogens is 469 g/mol. The standard InChI is InChI=1S/C27H29F3N4O2/c1-2-7-32-26(36)20-3-5-24(6-4-20)34-10-8-33(9-11-34)18-19-12-21(14-23(13-19)27(28,29)30)22-15-25(35)17-31-16-22/h3-6,12-17,35H,2,7-11,18H2,1H3,(H,32,36). The number of aromatic hydroxyl groups is 1. The molecule has 0 aliphatic carbocycles. The number of nitrogens with zero attached hydrogens (tertiary/aromatic N) is 3. The van der Waals surface area contributed by atoms with Crippen LogP contribution in [0.5, 0.6) is 5.75 Å². The second kappa shape index (κ2) is 11.0. The van der Waals surface area contributed by atoms with E-state index in [-0.39, 0.29) is 11.7 Å². The molecule has 1 aromatic heterocycles. The molecule has 0 bridgehead atoms. The Kier molecular flexibility index (Phi) is 7.79. The normalized spacial score (nSPS) is 14.6. The number of piperazine rings is 1. The number of alkyl halides is 3. The first-order chi connectivity index (χ1) is 17.2. The first-order valence-corrected chi connectivity index (χ1v) is 11.9. The number of nitrogens with one attached hydrogen (secondary N) is 1. The van der Waals surface area contributed by atoms with E-state index in [0.717, 1.165) is 31.3 Å². The van der Waals surface area contributed by atoms with Crippen molar-refractivity contribution in [1.82, 2.24) is 15.2 Å². The van der Waals surface area contributed by atoms with Crippen LogP contribution in [0.1, 0.15) is 34.8 Å². The van der Waals surface area contributed by atoms with Crippen LogP contribution < -0.4 is 10.2 Å². The van der Waals surface area contributed by atoms with Gasteiger partial charge in [-0.15, -0.1) is 0 Å². The molecule has 0 spiro atoms. The average Bonchev–Trinajstić information content (AvgIpc) is 2.87. The zero-order valence-corrected chi connectivity index (χ0v) is 20.1. The summed E-state index contributed by atoms with van der Waals surface area (Å²) in [6.45, 7) is 5.86. The summed E-state index contributed by atoms with van der Waals surface area (Å²) >= 11 is 0. The summed E-state index contributed by atoms with van der Waals surface area (Å²) in [6, 6.07) is 12.9. The smallest absolute Gasteiger partial charge is 0.416 e. The van der Waals surface area contributed by atoms with Gasteiger partial charge < -0.3 is 15.3 Å². The minimum absolute atomic E-state index is 0.0878. The van der Waals surface area contributed by atoms with E-state index < -0.39 is 11.7 Å². The Bertz CT molecular complexity index is 1190. The van der Waals surface area contributed by atoms with Gasteiger partial charge in [-0.1, -0.05) is 6.92 Å². The number of hydrogen-bond acceptors (Lipinski definition) is 5. The maximum absolute atomic E-state index is 13.6. The maximum atomic E-state index is 13.6. The minimum atomic E-state index is -4.48. The monoisotopic (exact) mass is 498 g/mol.